The monoisotopic (exact) mass is 423 g/mol. The van der Waals surface area contributed by atoms with E-state index in [0.29, 0.717) is 18.8 Å². The third kappa shape index (κ3) is 7.39. The molecule has 0 bridgehead atoms. The van der Waals surface area contributed by atoms with Crippen molar-refractivity contribution in [2.24, 2.45) is 0 Å². The molecule has 11 heteroatoms. The Morgan fingerprint density at radius 1 is 1.14 bits per heavy atom. The van der Waals surface area contributed by atoms with Gasteiger partial charge in [-0.25, -0.2) is 4.79 Å². The van der Waals surface area contributed by atoms with Crippen LogP contribution in [0.1, 0.15) is 5.56 Å². The number of benzene rings is 2. The molecule has 2 amide bonds. The zero-order chi connectivity index (χ0) is 21.4. The Morgan fingerprint density at radius 2 is 1.76 bits per heavy atom. The minimum absolute atomic E-state index is 0.0735. The number of non-ortho nitro benzene ring substituents is 1. The summed E-state index contributed by atoms with van der Waals surface area (Å²) in [5.41, 5.74) is 1.09. The summed E-state index contributed by atoms with van der Waals surface area (Å²) in [5.74, 6) is 0.176. The minimum atomic E-state index is -3.61. The molecule has 2 rings (SSSR count). The number of nitrogens with zero attached hydrogens (tertiary/aromatic N) is 2. The molecule has 0 heterocycles. The van der Waals surface area contributed by atoms with E-state index in [1.54, 1.807) is 12.1 Å². The number of nitro groups is 1. The van der Waals surface area contributed by atoms with Crippen molar-refractivity contribution in [3.8, 4) is 5.75 Å². The van der Waals surface area contributed by atoms with E-state index in [1.165, 1.54) is 48.4 Å². The molecular formula is C18H21N3O7S. The molecule has 29 heavy (non-hydrogen) atoms. The molecule has 1 N–H and O–H groups in total. The van der Waals surface area contributed by atoms with Crippen LogP contribution in [0.4, 0.5) is 16.2 Å². The maximum absolute atomic E-state index is 12.6. The fourth-order valence-corrected chi connectivity index (χ4v) is 2.83. The van der Waals surface area contributed by atoms with Crippen LogP contribution < -0.4 is 9.50 Å². The molecule has 0 aromatic heterocycles. The minimum Gasteiger partial charge on any atom is -0.383 e. The predicted molar refractivity (Wildman–Crippen MR) is 106 cm³/mol. The van der Waals surface area contributed by atoms with E-state index in [1.807, 2.05) is 0 Å². The van der Waals surface area contributed by atoms with Crippen molar-refractivity contribution in [2.75, 3.05) is 31.8 Å². The molecule has 156 valence electrons. The molecule has 0 fully saturated rings. The molecule has 0 aliphatic heterocycles. The molecule has 0 unspecified atom stereocenters. The number of amides is 2. The van der Waals surface area contributed by atoms with E-state index in [0.717, 1.165) is 11.8 Å². The molecule has 2 aromatic carbocycles. The maximum Gasteiger partial charge on any atom is 0.322 e. The molecular weight excluding hydrogens is 402 g/mol. The first-order valence-corrected chi connectivity index (χ1v) is 10.3. The van der Waals surface area contributed by atoms with Crippen molar-refractivity contribution in [2.45, 2.75) is 6.54 Å². The van der Waals surface area contributed by atoms with E-state index >= 15 is 0 Å². The van der Waals surface area contributed by atoms with Gasteiger partial charge in [0, 0.05) is 38.0 Å². The van der Waals surface area contributed by atoms with E-state index in [9.17, 15) is 23.3 Å². The second kappa shape index (κ2) is 9.85. The first-order chi connectivity index (χ1) is 13.7. The van der Waals surface area contributed by atoms with Crippen LogP contribution in [-0.2, 0) is 21.4 Å². The van der Waals surface area contributed by atoms with Crippen molar-refractivity contribution in [3.05, 3.63) is 64.2 Å². The SMILES string of the molecule is COCCN(Cc1ccc(OS(C)(=O)=O)cc1)C(=O)Nc1ccc([N+](=O)[O-])cc1. The van der Waals surface area contributed by atoms with Crippen molar-refractivity contribution in [1.82, 2.24) is 4.90 Å². The third-order valence-electron chi connectivity index (χ3n) is 3.73. The van der Waals surface area contributed by atoms with Gasteiger partial charge >= 0.3 is 16.1 Å². The van der Waals surface area contributed by atoms with Crippen LogP contribution >= 0.6 is 0 Å². The summed E-state index contributed by atoms with van der Waals surface area (Å²) in [6.45, 7) is 0.848. The van der Waals surface area contributed by atoms with Gasteiger partial charge in [-0.1, -0.05) is 12.1 Å². The molecule has 0 saturated heterocycles. The number of carbonyl (C=O) groups is 1. The molecule has 0 aliphatic carbocycles. The highest BCUT2D eigenvalue weighted by Gasteiger charge is 2.15. The number of nitrogens with one attached hydrogen (secondary N) is 1. The third-order valence-corrected chi connectivity index (χ3v) is 4.22. The lowest BCUT2D eigenvalue weighted by molar-refractivity contribution is -0.384. The second-order valence-corrected chi connectivity index (χ2v) is 7.65. The summed E-state index contributed by atoms with van der Waals surface area (Å²) >= 11 is 0. The lowest BCUT2D eigenvalue weighted by Crippen LogP contribution is -2.36. The molecule has 10 nitrogen and oxygen atoms in total. The van der Waals surface area contributed by atoms with E-state index in [4.69, 9.17) is 8.92 Å². The largest absolute Gasteiger partial charge is 0.383 e. The Morgan fingerprint density at radius 3 is 2.28 bits per heavy atom. The first-order valence-electron chi connectivity index (χ1n) is 8.45. The number of ether oxygens (including phenoxy) is 1. The van der Waals surface area contributed by atoms with Crippen LogP contribution in [0.15, 0.2) is 48.5 Å². The van der Waals surface area contributed by atoms with E-state index < -0.39 is 21.1 Å². The van der Waals surface area contributed by atoms with Crippen LogP contribution in [0.25, 0.3) is 0 Å². The topological polar surface area (TPSA) is 128 Å². The number of rotatable bonds is 9. The van der Waals surface area contributed by atoms with Gasteiger partial charge in [-0.3, -0.25) is 10.1 Å². The highest BCUT2D eigenvalue weighted by Crippen LogP contribution is 2.18. The van der Waals surface area contributed by atoms with Gasteiger partial charge in [0.25, 0.3) is 5.69 Å². The zero-order valence-electron chi connectivity index (χ0n) is 15.9. The van der Waals surface area contributed by atoms with Gasteiger partial charge in [-0.15, -0.1) is 0 Å². The zero-order valence-corrected chi connectivity index (χ0v) is 16.7. The first kappa shape index (κ1) is 22.1. The average Bonchev–Trinajstić information content (AvgIpc) is 2.65. The molecule has 0 saturated carbocycles. The second-order valence-electron chi connectivity index (χ2n) is 6.08. The van der Waals surface area contributed by atoms with E-state index in [-0.39, 0.29) is 18.0 Å². The van der Waals surface area contributed by atoms with Crippen molar-refractivity contribution < 1.29 is 27.1 Å². The van der Waals surface area contributed by atoms with Gasteiger partial charge in [-0.05, 0) is 29.8 Å². The van der Waals surface area contributed by atoms with Crippen molar-refractivity contribution in [1.29, 1.82) is 0 Å². The summed E-state index contributed by atoms with van der Waals surface area (Å²) in [4.78, 5) is 24.3. The fraction of sp³-hybridized carbons (Fsp3) is 0.278. The number of carbonyl (C=O) groups excluding carboxylic acids is 1. The molecule has 0 radical (unpaired) electrons. The molecule has 0 atom stereocenters. The van der Waals surface area contributed by atoms with Gasteiger partial charge in [0.15, 0.2) is 0 Å². The fourth-order valence-electron chi connectivity index (χ4n) is 2.37. The molecule has 0 aliphatic rings. The summed E-state index contributed by atoms with van der Waals surface area (Å²) in [5, 5.41) is 13.4. The Kier molecular flexibility index (Phi) is 7.51. The van der Waals surface area contributed by atoms with Gasteiger partial charge < -0.3 is 19.1 Å². The van der Waals surface area contributed by atoms with Crippen LogP contribution in [-0.4, -0.2) is 50.8 Å². The normalized spacial score (nSPS) is 11.0. The summed E-state index contributed by atoms with van der Waals surface area (Å²) in [7, 11) is -2.10. The standard InChI is InChI=1S/C18H21N3O7S/c1-27-12-11-20(13-14-3-9-17(10-4-14)28-29(2,25)26)18(22)19-15-5-7-16(8-6-15)21(23)24/h3-10H,11-13H2,1-2H3,(H,19,22). The summed E-state index contributed by atoms with van der Waals surface area (Å²) < 4.78 is 32.2. The number of methoxy groups -OCH3 is 1. The van der Waals surface area contributed by atoms with Gasteiger partial charge in [0.05, 0.1) is 17.8 Å². The van der Waals surface area contributed by atoms with Gasteiger partial charge in [-0.2, -0.15) is 8.42 Å². The number of anilines is 1. The predicted octanol–water partition coefficient (Wildman–Crippen LogP) is 2.61. The van der Waals surface area contributed by atoms with Crippen molar-refractivity contribution in [3.63, 3.8) is 0 Å². The van der Waals surface area contributed by atoms with Crippen LogP contribution in [0.3, 0.4) is 0 Å². The number of nitro benzene ring substituents is 1. The van der Waals surface area contributed by atoms with Crippen LogP contribution in [0.5, 0.6) is 5.75 Å². The number of urea groups is 1. The Balaban J connectivity index is 2.07. The summed E-state index contributed by atoms with van der Waals surface area (Å²) in [6, 6.07) is 11.4. The molecule has 2 aromatic rings. The molecule has 0 spiro atoms. The Hall–Kier alpha value is -3.18. The highest BCUT2D eigenvalue weighted by molar-refractivity contribution is 7.86. The van der Waals surface area contributed by atoms with Crippen LogP contribution in [0, 0.1) is 10.1 Å². The smallest absolute Gasteiger partial charge is 0.322 e. The highest BCUT2D eigenvalue weighted by atomic mass is 32.2. The number of hydrogen-bond donors (Lipinski definition) is 1. The lowest BCUT2D eigenvalue weighted by atomic mass is 10.2. The van der Waals surface area contributed by atoms with Crippen LogP contribution in [0.2, 0.25) is 0 Å². The van der Waals surface area contributed by atoms with E-state index in [2.05, 4.69) is 5.32 Å². The van der Waals surface area contributed by atoms with Gasteiger partial charge in [0.1, 0.15) is 5.75 Å². The maximum atomic E-state index is 12.6. The number of hydrogen-bond acceptors (Lipinski definition) is 7. The van der Waals surface area contributed by atoms with Gasteiger partial charge in [0.2, 0.25) is 0 Å². The Bertz CT molecular complexity index is 944. The lowest BCUT2D eigenvalue weighted by Gasteiger charge is -2.23. The van der Waals surface area contributed by atoms with Crippen molar-refractivity contribution >= 4 is 27.5 Å². The summed E-state index contributed by atoms with van der Waals surface area (Å²) in [6.07, 6.45) is 0.954. The quantitative estimate of drug-likeness (QED) is 0.373. The Labute approximate surface area is 168 Å². The average molecular weight is 423 g/mol.